The Kier molecular flexibility index (Phi) is 6.56. The summed E-state index contributed by atoms with van der Waals surface area (Å²) in [5.41, 5.74) is 1.74. The van der Waals surface area contributed by atoms with Crippen LogP contribution in [0.15, 0.2) is 59.8 Å². The summed E-state index contributed by atoms with van der Waals surface area (Å²) in [6, 6.07) is 15.7. The van der Waals surface area contributed by atoms with E-state index in [1.807, 2.05) is 34.9 Å². The first-order chi connectivity index (χ1) is 13.2. The van der Waals surface area contributed by atoms with Gasteiger partial charge in [-0.1, -0.05) is 42.1 Å². The smallest absolute Gasteiger partial charge is 0.230 e. The molecule has 0 aliphatic rings. The minimum absolute atomic E-state index is 0.139. The zero-order valence-corrected chi connectivity index (χ0v) is 15.6. The van der Waals surface area contributed by atoms with Crippen LogP contribution >= 0.6 is 11.8 Å². The Morgan fingerprint density at radius 1 is 1.15 bits per heavy atom. The van der Waals surface area contributed by atoms with Crippen LogP contribution in [0.1, 0.15) is 11.4 Å². The van der Waals surface area contributed by atoms with Crippen molar-refractivity contribution in [3.63, 3.8) is 0 Å². The average molecular weight is 386 g/mol. The van der Waals surface area contributed by atoms with Gasteiger partial charge in [0, 0.05) is 19.3 Å². The summed E-state index contributed by atoms with van der Waals surface area (Å²) in [5.74, 6) is 0.421. The third-order valence-corrected chi connectivity index (χ3v) is 4.65. The van der Waals surface area contributed by atoms with Gasteiger partial charge >= 0.3 is 0 Å². The quantitative estimate of drug-likeness (QED) is 0.603. The summed E-state index contributed by atoms with van der Waals surface area (Å²) in [7, 11) is 1.60. The summed E-state index contributed by atoms with van der Waals surface area (Å²) in [6.45, 7) is 0.666. The number of nitrogens with zero attached hydrogens (tertiary/aromatic N) is 3. The lowest BCUT2D eigenvalue weighted by Gasteiger charge is -2.10. The molecule has 0 fully saturated rings. The summed E-state index contributed by atoms with van der Waals surface area (Å²) < 4.78 is 20.0. The Morgan fingerprint density at radius 3 is 2.59 bits per heavy atom. The molecule has 27 heavy (non-hydrogen) atoms. The average Bonchev–Trinajstić information content (AvgIpc) is 3.09. The molecule has 0 spiro atoms. The van der Waals surface area contributed by atoms with Crippen LogP contribution < -0.4 is 5.32 Å². The van der Waals surface area contributed by atoms with E-state index < -0.39 is 0 Å². The first-order valence-corrected chi connectivity index (χ1v) is 9.28. The van der Waals surface area contributed by atoms with Crippen molar-refractivity contribution in [2.75, 3.05) is 12.9 Å². The van der Waals surface area contributed by atoms with Crippen molar-refractivity contribution in [1.29, 1.82) is 0 Å². The highest BCUT2D eigenvalue weighted by Gasteiger charge is 2.15. The molecular formula is C19H19FN4O2S. The maximum Gasteiger partial charge on any atom is 0.230 e. The first kappa shape index (κ1) is 19.1. The highest BCUT2D eigenvalue weighted by molar-refractivity contribution is 7.99. The molecule has 0 aliphatic carbocycles. The number of carbonyl (C=O) groups is 1. The van der Waals surface area contributed by atoms with Crippen LogP contribution in [0, 0.1) is 5.82 Å². The number of carbonyl (C=O) groups excluding carboxylic acids is 1. The van der Waals surface area contributed by atoms with Crippen molar-refractivity contribution < 1.29 is 13.9 Å². The van der Waals surface area contributed by atoms with E-state index in [1.54, 1.807) is 19.2 Å². The van der Waals surface area contributed by atoms with Gasteiger partial charge < -0.3 is 10.1 Å². The van der Waals surface area contributed by atoms with Gasteiger partial charge in [0.15, 0.2) is 11.0 Å². The fourth-order valence-corrected chi connectivity index (χ4v) is 3.24. The van der Waals surface area contributed by atoms with Crippen LogP contribution in [0.25, 0.3) is 5.69 Å². The number of benzene rings is 2. The van der Waals surface area contributed by atoms with Crippen LogP contribution in [0.3, 0.4) is 0 Å². The van der Waals surface area contributed by atoms with Crippen LogP contribution in [0.2, 0.25) is 0 Å². The topological polar surface area (TPSA) is 69.0 Å². The zero-order valence-electron chi connectivity index (χ0n) is 14.8. The molecule has 8 heteroatoms. The van der Waals surface area contributed by atoms with Crippen LogP contribution in [0.4, 0.5) is 4.39 Å². The number of amides is 1. The molecule has 0 atom stereocenters. The Bertz CT molecular complexity index is 884. The van der Waals surface area contributed by atoms with E-state index in [9.17, 15) is 9.18 Å². The Labute approximate surface area is 160 Å². The minimum Gasteiger partial charge on any atom is -0.377 e. The fraction of sp³-hybridized carbons (Fsp3) is 0.211. The van der Waals surface area contributed by atoms with Crippen LogP contribution in [-0.4, -0.2) is 33.5 Å². The highest BCUT2D eigenvalue weighted by atomic mass is 32.2. The zero-order chi connectivity index (χ0) is 19.1. The molecule has 0 saturated heterocycles. The number of hydrogen-bond acceptors (Lipinski definition) is 5. The molecule has 140 valence electrons. The van der Waals surface area contributed by atoms with E-state index in [-0.39, 0.29) is 17.5 Å². The molecule has 1 heterocycles. The van der Waals surface area contributed by atoms with Crippen LogP contribution in [0.5, 0.6) is 0 Å². The number of methoxy groups -OCH3 is 1. The lowest BCUT2D eigenvalue weighted by atomic mass is 10.2. The fourth-order valence-electron chi connectivity index (χ4n) is 2.44. The number of aromatic nitrogens is 3. The van der Waals surface area contributed by atoms with Gasteiger partial charge in [0.05, 0.1) is 5.75 Å². The largest absolute Gasteiger partial charge is 0.377 e. The highest BCUT2D eigenvalue weighted by Crippen LogP contribution is 2.22. The maximum atomic E-state index is 12.9. The van der Waals surface area contributed by atoms with Crippen molar-refractivity contribution in [3.05, 3.63) is 71.8 Å². The number of hydrogen-bond donors (Lipinski definition) is 1. The number of rotatable bonds is 8. The van der Waals surface area contributed by atoms with Crippen molar-refractivity contribution in [2.24, 2.45) is 0 Å². The van der Waals surface area contributed by atoms with E-state index in [4.69, 9.17) is 4.74 Å². The number of para-hydroxylation sites is 1. The number of nitrogens with one attached hydrogen (secondary N) is 1. The molecule has 1 aromatic heterocycles. The van der Waals surface area contributed by atoms with E-state index >= 15 is 0 Å². The Morgan fingerprint density at radius 2 is 1.89 bits per heavy atom. The number of ether oxygens (including phenoxy) is 1. The molecule has 0 unspecified atom stereocenters. The third kappa shape index (κ3) is 5.15. The predicted molar refractivity (Wildman–Crippen MR) is 101 cm³/mol. The Hall–Kier alpha value is -2.71. The molecule has 3 rings (SSSR count). The molecule has 0 bridgehead atoms. The van der Waals surface area contributed by atoms with Gasteiger partial charge in [0.25, 0.3) is 0 Å². The second-order valence-corrected chi connectivity index (χ2v) is 6.64. The van der Waals surface area contributed by atoms with Gasteiger partial charge in [0.2, 0.25) is 5.91 Å². The van der Waals surface area contributed by atoms with E-state index in [0.29, 0.717) is 24.1 Å². The van der Waals surface area contributed by atoms with Gasteiger partial charge in [-0.15, -0.1) is 10.2 Å². The normalized spacial score (nSPS) is 10.7. The molecule has 1 N–H and O–H groups in total. The van der Waals surface area contributed by atoms with E-state index in [2.05, 4.69) is 15.5 Å². The van der Waals surface area contributed by atoms with Crippen molar-refractivity contribution >= 4 is 17.7 Å². The molecular weight excluding hydrogens is 367 g/mol. The standard InChI is InChI=1S/C19H19FN4O2S/c1-26-12-17-22-23-19(24(17)16-5-3-2-4-6-16)27-13-18(25)21-11-14-7-9-15(20)10-8-14/h2-10H,11-13H2,1H3,(H,21,25). The monoisotopic (exact) mass is 386 g/mol. The van der Waals surface area contributed by atoms with Crippen molar-refractivity contribution in [1.82, 2.24) is 20.1 Å². The Balaban J connectivity index is 1.63. The molecule has 3 aromatic rings. The molecule has 1 amide bonds. The second kappa shape index (κ2) is 9.29. The minimum atomic E-state index is -0.298. The lowest BCUT2D eigenvalue weighted by molar-refractivity contribution is -0.118. The molecule has 0 aliphatic heterocycles. The SMILES string of the molecule is COCc1nnc(SCC(=O)NCc2ccc(F)cc2)n1-c1ccccc1. The molecule has 0 radical (unpaired) electrons. The van der Waals surface area contributed by atoms with E-state index in [1.165, 1.54) is 23.9 Å². The van der Waals surface area contributed by atoms with Crippen molar-refractivity contribution in [3.8, 4) is 5.69 Å². The predicted octanol–water partition coefficient (Wildman–Crippen LogP) is 2.96. The second-order valence-electron chi connectivity index (χ2n) is 5.69. The molecule has 6 nitrogen and oxygen atoms in total. The summed E-state index contributed by atoms with van der Waals surface area (Å²) >= 11 is 1.30. The van der Waals surface area contributed by atoms with Gasteiger partial charge in [-0.25, -0.2) is 4.39 Å². The molecule has 2 aromatic carbocycles. The summed E-state index contributed by atoms with van der Waals surface area (Å²) in [6.07, 6.45) is 0. The number of thioether (sulfide) groups is 1. The summed E-state index contributed by atoms with van der Waals surface area (Å²) in [5, 5.41) is 11.8. The number of halogens is 1. The van der Waals surface area contributed by atoms with Gasteiger partial charge in [0.1, 0.15) is 12.4 Å². The third-order valence-electron chi connectivity index (χ3n) is 3.72. The van der Waals surface area contributed by atoms with Gasteiger partial charge in [-0.3, -0.25) is 9.36 Å². The first-order valence-electron chi connectivity index (χ1n) is 8.30. The van der Waals surface area contributed by atoms with Crippen molar-refractivity contribution in [2.45, 2.75) is 18.3 Å². The molecule has 0 saturated carbocycles. The summed E-state index contributed by atoms with van der Waals surface area (Å²) in [4.78, 5) is 12.1. The van der Waals surface area contributed by atoms with E-state index in [0.717, 1.165) is 11.3 Å². The maximum absolute atomic E-state index is 12.9. The van der Waals surface area contributed by atoms with Crippen LogP contribution in [-0.2, 0) is 22.7 Å². The van der Waals surface area contributed by atoms with Gasteiger partial charge in [-0.2, -0.15) is 0 Å². The lowest BCUT2D eigenvalue weighted by Crippen LogP contribution is -2.24. The van der Waals surface area contributed by atoms with Gasteiger partial charge in [-0.05, 0) is 29.8 Å².